The number of allylic oxidation sites excluding steroid dienone is 4. The Morgan fingerprint density at radius 2 is 2.00 bits per heavy atom. The molecule has 2 fully saturated rings. The summed E-state index contributed by atoms with van der Waals surface area (Å²) in [5.74, 6) is 0.907. The summed E-state index contributed by atoms with van der Waals surface area (Å²) in [6.07, 6.45) is 12.2. The maximum atomic E-state index is 12.8. The third kappa shape index (κ3) is 2.95. The number of ether oxygens (including phenoxy) is 1. The van der Waals surface area contributed by atoms with Crippen molar-refractivity contribution in [1.82, 2.24) is 0 Å². The van der Waals surface area contributed by atoms with Crippen LogP contribution >= 0.6 is 12.2 Å². The van der Waals surface area contributed by atoms with Crippen LogP contribution in [-0.4, -0.2) is 23.2 Å². The molecule has 2 saturated carbocycles. The highest BCUT2D eigenvalue weighted by molar-refractivity contribution is 7.80. The Morgan fingerprint density at radius 1 is 1.22 bits per heavy atom. The lowest BCUT2D eigenvalue weighted by molar-refractivity contribution is -0.148. The summed E-state index contributed by atoms with van der Waals surface area (Å²) in [4.78, 5) is 25.0. The smallest absolute Gasteiger partial charge is 0.303 e. The van der Waals surface area contributed by atoms with Gasteiger partial charge in [0.15, 0.2) is 5.78 Å². The summed E-state index contributed by atoms with van der Waals surface area (Å²) in [6.45, 7) is 6.02. The Hall–Kier alpha value is -1.29. The molecule has 0 spiro atoms. The average molecular weight is 387 g/mol. The number of fused-ring (bicyclic) bond motifs is 5. The highest BCUT2D eigenvalue weighted by atomic mass is 32.1. The van der Waals surface area contributed by atoms with E-state index in [1.807, 2.05) is 0 Å². The first-order chi connectivity index (χ1) is 12.8. The second-order valence-corrected chi connectivity index (χ2v) is 9.99. The Morgan fingerprint density at radius 3 is 2.74 bits per heavy atom. The lowest BCUT2D eigenvalue weighted by atomic mass is 9.51. The molecule has 5 atom stereocenters. The quantitative estimate of drug-likeness (QED) is 0.389. The lowest BCUT2D eigenvalue weighted by Gasteiger charge is -2.53. The maximum absolute atomic E-state index is 12.8. The molecule has 0 aromatic rings. The van der Waals surface area contributed by atoms with Crippen LogP contribution in [0.5, 0.6) is 0 Å². The highest BCUT2D eigenvalue weighted by Gasteiger charge is 2.57. The lowest BCUT2D eigenvalue weighted by Crippen LogP contribution is -2.45. The molecule has 146 valence electrons. The third-order valence-corrected chi connectivity index (χ3v) is 8.46. The summed E-state index contributed by atoms with van der Waals surface area (Å²) in [7, 11) is 0. The third-order valence-electron chi connectivity index (χ3n) is 8.14. The maximum Gasteiger partial charge on any atom is 0.303 e. The molecular weight excluding hydrogens is 356 g/mol. The molecule has 0 bridgehead atoms. The Bertz CT molecular complexity index is 764. The number of carbonyl (C=O) groups excluding carboxylic acids is 2. The molecular formula is C23H30O3S. The number of hydrogen-bond acceptors (Lipinski definition) is 4. The average Bonchev–Trinajstić information content (AvgIpc) is 2.97. The van der Waals surface area contributed by atoms with Crippen molar-refractivity contribution in [3.63, 3.8) is 0 Å². The van der Waals surface area contributed by atoms with E-state index >= 15 is 0 Å². The zero-order valence-corrected chi connectivity index (χ0v) is 17.5. The van der Waals surface area contributed by atoms with Crippen LogP contribution in [0.2, 0.25) is 0 Å². The van der Waals surface area contributed by atoms with Gasteiger partial charge in [0, 0.05) is 23.1 Å². The van der Waals surface area contributed by atoms with Crippen molar-refractivity contribution in [2.45, 2.75) is 65.7 Å². The van der Waals surface area contributed by atoms with E-state index in [9.17, 15) is 9.59 Å². The molecule has 0 amide bonds. The predicted octanol–water partition coefficient (Wildman–Crippen LogP) is 4.99. The topological polar surface area (TPSA) is 43.4 Å². The van der Waals surface area contributed by atoms with Crippen LogP contribution in [0.15, 0.2) is 23.3 Å². The van der Waals surface area contributed by atoms with Crippen molar-refractivity contribution in [2.24, 2.45) is 28.6 Å². The van der Waals surface area contributed by atoms with Gasteiger partial charge in [0.25, 0.3) is 0 Å². The van der Waals surface area contributed by atoms with Gasteiger partial charge in [-0.15, -0.1) is 0 Å². The molecule has 3 nitrogen and oxygen atoms in total. The minimum atomic E-state index is -0.372. The van der Waals surface area contributed by atoms with Crippen LogP contribution in [0.3, 0.4) is 0 Å². The fraction of sp³-hybridized carbons (Fsp3) is 0.696. The molecule has 0 aromatic carbocycles. The zero-order valence-electron chi connectivity index (χ0n) is 16.7. The van der Waals surface area contributed by atoms with E-state index in [0.29, 0.717) is 11.8 Å². The van der Waals surface area contributed by atoms with Gasteiger partial charge in [0.2, 0.25) is 0 Å². The Kier molecular flexibility index (Phi) is 4.69. The van der Waals surface area contributed by atoms with E-state index in [0.717, 1.165) is 43.4 Å². The van der Waals surface area contributed by atoms with Crippen LogP contribution in [0.25, 0.3) is 0 Å². The molecule has 0 aromatic heterocycles. The van der Waals surface area contributed by atoms with E-state index < -0.39 is 0 Å². The Balaban J connectivity index is 1.61. The summed E-state index contributed by atoms with van der Waals surface area (Å²) in [6, 6.07) is 0. The monoisotopic (exact) mass is 386 g/mol. The SMILES string of the molecule is CC(=O)OCC(=O)C1CCC2C3CCC4=CC(=S)CCC4(C)C3=CCC12C. The van der Waals surface area contributed by atoms with E-state index in [2.05, 4.69) is 26.0 Å². The minimum absolute atomic E-state index is 0.00689. The summed E-state index contributed by atoms with van der Waals surface area (Å²) in [5, 5.41) is 0. The predicted molar refractivity (Wildman–Crippen MR) is 109 cm³/mol. The minimum Gasteiger partial charge on any atom is -0.458 e. The normalized spacial score (nSPS) is 40.3. The number of carbonyl (C=O) groups is 2. The number of Topliss-reactive ketones (excluding diaryl/α,β-unsaturated/α-hetero) is 1. The van der Waals surface area contributed by atoms with E-state index in [4.69, 9.17) is 17.0 Å². The zero-order chi connectivity index (χ0) is 19.4. The molecule has 0 aliphatic heterocycles. The van der Waals surface area contributed by atoms with Gasteiger partial charge in [-0.25, -0.2) is 0 Å². The first-order valence-corrected chi connectivity index (χ1v) is 10.8. The first-order valence-electron chi connectivity index (χ1n) is 10.4. The fourth-order valence-corrected chi connectivity index (χ4v) is 6.90. The van der Waals surface area contributed by atoms with E-state index in [-0.39, 0.29) is 35.1 Å². The summed E-state index contributed by atoms with van der Waals surface area (Å²) in [5.41, 5.74) is 3.34. The summed E-state index contributed by atoms with van der Waals surface area (Å²) >= 11 is 5.48. The van der Waals surface area contributed by atoms with Gasteiger partial charge in [-0.1, -0.05) is 43.3 Å². The van der Waals surface area contributed by atoms with Gasteiger partial charge in [0.05, 0.1) is 0 Å². The van der Waals surface area contributed by atoms with Gasteiger partial charge in [0.1, 0.15) is 6.61 Å². The van der Waals surface area contributed by atoms with Crippen LogP contribution in [0.1, 0.15) is 65.7 Å². The standard InChI is InChI=1S/C23H30O3S/c1-14(24)26-13-21(25)20-7-6-18-17-5-4-15-12-16(27)8-10-22(15,2)19(17)9-11-23(18,20)3/h9,12,17-18,20H,4-8,10-11,13H2,1-3H3. The van der Waals surface area contributed by atoms with Crippen molar-refractivity contribution in [3.05, 3.63) is 23.3 Å². The fourth-order valence-electron chi connectivity index (χ4n) is 6.66. The summed E-state index contributed by atoms with van der Waals surface area (Å²) < 4.78 is 5.02. The highest BCUT2D eigenvalue weighted by Crippen LogP contribution is 2.64. The number of hydrogen-bond donors (Lipinski definition) is 0. The van der Waals surface area contributed by atoms with E-state index in [1.165, 1.54) is 18.9 Å². The van der Waals surface area contributed by atoms with E-state index in [1.54, 1.807) is 5.57 Å². The number of thiocarbonyl (C=S) groups is 1. The second-order valence-electron chi connectivity index (χ2n) is 9.47. The van der Waals surface area contributed by atoms with Crippen molar-refractivity contribution in [3.8, 4) is 0 Å². The van der Waals surface area contributed by atoms with Gasteiger partial charge in [-0.05, 0) is 68.3 Å². The van der Waals surface area contributed by atoms with Crippen molar-refractivity contribution in [1.29, 1.82) is 0 Å². The molecule has 4 aliphatic carbocycles. The van der Waals surface area contributed by atoms with Crippen LogP contribution in [-0.2, 0) is 14.3 Å². The van der Waals surface area contributed by atoms with Crippen molar-refractivity contribution < 1.29 is 14.3 Å². The van der Waals surface area contributed by atoms with Gasteiger partial charge in [-0.3, -0.25) is 9.59 Å². The molecule has 0 saturated heterocycles. The molecule has 4 aliphatic rings. The van der Waals surface area contributed by atoms with Gasteiger partial charge >= 0.3 is 5.97 Å². The second kappa shape index (κ2) is 6.65. The first kappa shape index (κ1) is 19.0. The number of esters is 1. The molecule has 0 radical (unpaired) electrons. The largest absolute Gasteiger partial charge is 0.458 e. The number of rotatable bonds is 3. The van der Waals surface area contributed by atoms with Crippen LogP contribution in [0, 0.1) is 28.6 Å². The molecule has 4 rings (SSSR count). The van der Waals surface area contributed by atoms with Crippen molar-refractivity contribution in [2.75, 3.05) is 6.61 Å². The van der Waals surface area contributed by atoms with Gasteiger partial charge < -0.3 is 4.74 Å². The number of ketones is 1. The molecule has 0 heterocycles. The Labute approximate surface area is 167 Å². The van der Waals surface area contributed by atoms with Gasteiger partial charge in [-0.2, -0.15) is 0 Å². The molecule has 0 N–H and O–H groups in total. The van der Waals surface area contributed by atoms with Crippen molar-refractivity contribution >= 4 is 28.8 Å². The molecule has 5 unspecified atom stereocenters. The molecule has 27 heavy (non-hydrogen) atoms. The van der Waals surface area contributed by atoms with Crippen LogP contribution < -0.4 is 0 Å². The molecule has 4 heteroatoms. The van der Waals surface area contributed by atoms with Crippen LogP contribution in [0.4, 0.5) is 0 Å².